The predicted octanol–water partition coefficient (Wildman–Crippen LogP) is 4.84. The second-order valence-electron chi connectivity index (χ2n) is 7.66. The van der Waals surface area contributed by atoms with Crippen molar-refractivity contribution < 1.29 is 4.74 Å². The number of benzene rings is 1. The Morgan fingerprint density at radius 3 is 2.29 bits per heavy atom. The molecule has 0 bridgehead atoms. The van der Waals surface area contributed by atoms with Gasteiger partial charge >= 0.3 is 0 Å². The van der Waals surface area contributed by atoms with Crippen LogP contribution in [-0.4, -0.2) is 6.61 Å². The lowest BCUT2D eigenvalue weighted by Gasteiger charge is -2.35. The molecular formula is C19H31NO. The van der Waals surface area contributed by atoms with Crippen LogP contribution in [0.2, 0.25) is 0 Å². The summed E-state index contributed by atoms with van der Waals surface area (Å²) >= 11 is 0. The van der Waals surface area contributed by atoms with E-state index in [-0.39, 0.29) is 16.9 Å². The lowest BCUT2D eigenvalue weighted by molar-refractivity contribution is 0.259. The highest BCUT2D eigenvalue weighted by Gasteiger charge is 2.31. The Hall–Kier alpha value is -1.02. The second kappa shape index (κ2) is 5.64. The van der Waals surface area contributed by atoms with Crippen LogP contribution in [-0.2, 0) is 10.8 Å². The maximum Gasteiger partial charge on any atom is 0.127 e. The van der Waals surface area contributed by atoms with Crippen molar-refractivity contribution in [3.63, 3.8) is 0 Å². The van der Waals surface area contributed by atoms with Gasteiger partial charge in [-0.3, -0.25) is 0 Å². The van der Waals surface area contributed by atoms with Gasteiger partial charge in [0.2, 0.25) is 0 Å². The molecule has 0 amide bonds. The van der Waals surface area contributed by atoms with Crippen LogP contribution >= 0.6 is 0 Å². The van der Waals surface area contributed by atoms with E-state index >= 15 is 0 Å². The summed E-state index contributed by atoms with van der Waals surface area (Å²) in [6, 6.07) is 4.76. The SMILES string of the molecule is CCC(C)(C)c1cc2c(c(C(C)(C)CC)c1)OCC[C@@H]2N. The van der Waals surface area contributed by atoms with Gasteiger partial charge in [0.1, 0.15) is 5.75 Å². The number of rotatable bonds is 4. The first kappa shape index (κ1) is 16.4. The van der Waals surface area contributed by atoms with Crippen LogP contribution in [0.25, 0.3) is 0 Å². The third-order valence-electron chi connectivity index (χ3n) is 5.47. The summed E-state index contributed by atoms with van der Waals surface area (Å²) in [7, 11) is 0. The molecule has 0 spiro atoms. The smallest absolute Gasteiger partial charge is 0.127 e. The standard InChI is InChI=1S/C19H31NO/c1-7-18(3,4)13-11-14-16(20)9-10-21-17(14)15(12-13)19(5,6)8-2/h11-12,16H,7-10,20H2,1-6H3/t16-/m0/s1. The molecule has 1 aromatic rings. The van der Waals surface area contributed by atoms with Gasteiger partial charge in [0.15, 0.2) is 0 Å². The lowest BCUT2D eigenvalue weighted by atomic mass is 9.74. The van der Waals surface area contributed by atoms with E-state index in [1.807, 2.05) is 0 Å². The maximum absolute atomic E-state index is 6.37. The molecule has 1 aliphatic heterocycles. The molecule has 2 nitrogen and oxygen atoms in total. The van der Waals surface area contributed by atoms with Gasteiger partial charge in [0, 0.05) is 23.6 Å². The minimum absolute atomic E-state index is 0.104. The van der Waals surface area contributed by atoms with Crippen molar-refractivity contribution in [2.45, 2.75) is 77.7 Å². The molecule has 0 saturated heterocycles. The van der Waals surface area contributed by atoms with Gasteiger partial charge in [-0.1, -0.05) is 47.6 Å². The summed E-state index contributed by atoms with van der Waals surface area (Å²) < 4.78 is 6.03. The van der Waals surface area contributed by atoms with E-state index in [0.717, 1.165) is 31.6 Å². The average Bonchev–Trinajstić information content (AvgIpc) is 2.46. The summed E-state index contributed by atoms with van der Waals surface area (Å²) in [5.41, 5.74) is 10.6. The van der Waals surface area contributed by atoms with Gasteiger partial charge in [0.25, 0.3) is 0 Å². The minimum atomic E-state index is 0.104. The molecule has 118 valence electrons. The molecule has 0 unspecified atom stereocenters. The molecule has 21 heavy (non-hydrogen) atoms. The quantitative estimate of drug-likeness (QED) is 0.860. The summed E-state index contributed by atoms with van der Waals surface area (Å²) in [5, 5.41) is 0. The molecule has 0 fully saturated rings. The lowest BCUT2D eigenvalue weighted by Crippen LogP contribution is -2.27. The number of ether oxygens (including phenoxy) is 1. The molecule has 1 heterocycles. The highest BCUT2D eigenvalue weighted by Crippen LogP contribution is 2.44. The topological polar surface area (TPSA) is 35.2 Å². The van der Waals surface area contributed by atoms with Crippen molar-refractivity contribution in [3.8, 4) is 5.75 Å². The van der Waals surface area contributed by atoms with E-state index in [4.69, 9.17) is 10.5 Å². The monoisotopic (exact) mass is 289 g/mol. The number of hydrogen-bond acceptors (Lipinski definition) is 2. The molecule has 2 rings (SSSR count). The Morgan fingerprint density at radius 1 is 1.10 bits per heavy atom. The first-order chi connectivity index (χ1) is 9.73. The Balaban J connectivity index is 2.68. The molecule has 1 aromatic carbocycles. The fraction of sp³-hybridized carbons (Fsp3) is 0.684. The summed E-state index contributed by atoms with van der Waals surface area (Å²) in [6.45, 7) is 14.5. The van der Waals surface area contributed by atoms with E-state index in [2.05, 4.69) is 53.7 Å². The number of hydrogen-bond donors (Lipinski definition) is 1. The largest absolute Gasteiger partial charge is 0.493 e. The van der Waals surface area contributed by atoms with Crippen molar-refractivity contribution in [1.29, 1.82) is 0 Å². The third kappa shape index (κ3) is 2.96. The van der Waals surface area contributed by atoms with Crippen LogP contribution in [0, 0.1) is 0 Å². The highest BCUT2D eigenvalue weighted by molar-refractivity contribution is 5.52. The van der Waals surface area contributed by atoms with Crippen LogP contribution in [0.15, 0.2) is 12.1 Å². The molecule has 0 radical (unpaired) electrons. The van der Waals surface area contributed by atoms with E-state index in [0.29, 0.717) is 0 Å². The van der Waals surface area contributed by atoms with Gasteiger partial charge < -0.3 is 10.5 Å². The first-order valence-corrected chi connectivity index (χ1v) is 8.30. The van der Waals surface area contributed by atoms with Crippen molar-refractivity contribution in [2.24, 2.45) is 5.73 Å². The van der Waals surface area contributed by atoms with Crippen molar-refractivity contribution in [1.82, 2.24) is 0 Å². The zero-order valence-electron chi connectivity index (χ0n) is 14.5. The molecule has 0 saturated carbocycles. The number of fused-ring (bicyclic) bond motifs is 1. The third-order valence-corrected chi connectivity index (χ3v) is 5.47. The van der Waals surface area contributed by atoms with Gasteiger partial charge in [-0.25, -0.2) is 0 Å². The van der Waals surface area contributed by atoms with Gasteiger partial charge in [-0.15, -0.1) is 0 Å². The Bertz CT molecular complexity index is 517. The van der Waals surface area contributed by atoms with E-state index in [9.17, 15) is 0 Å². The van der Waals surface area contributed by atoms with Crippen LogP contribution < -0.4 is 10.5 Å². The molecule has 0 aromatic heterocycles. The van der Waals surface area contributed by atoms with Crippen LogP contribution in [0.1, 0.15) is 83.5 Å². The second-order valence-corrected chi connectivity index (χ2v) is 7.66. The maximum atomic E-state index is 6.37. The Kier molecular flexibility index (Phi) is 4.39. The first-order valence-electron chi connectivity index (χ1n) is 8.30. The van der Waals surface area contributed by atoms with Crippen molar-refractivity contribution in [3.05, 3.63) is 28.8 Å². The van der Waals surface area contributed by atoms with Gasteiger partial charge in [-0.2, -0.15) is 0 Å². The molecule has 2 heteroatoms. The summed E-state index contributed by atoms with van der Waals surface area (Å²) in [6.07, 6.45) is 3.12. The van der Waals surface area contributed by atoms with Crippen molar-refractivity contribution >= 4 is 0 Å². The average molecular weight is 289 g/mol. The molecule has 2 N–H and O–H groups in total. The number of nitrogens with two attached hydrogens (primary N) is 1. The summed E-state index contributed by atoms with van der Waals surface area (Å²) in [5.74, 6) is 1.05. The van der Waals surface area contributed by atoms with E-state index < -0.39 is 0 Å². The van der Waals surface area contributed by atoms with E-state index in [1.54, 1.807) is 0 Å². The molecule has 1 atom stereocenters. The predicted molar refractivity (Wildman–Crippen MR) is 90.1 cm³/mol. The van der Waals surface area contributed by atoms with Crippen LogP contribution in [0.3, 0.4) is 0 Å². The van der Waals surface area contributed by atoms with Gasteiger partial charge in [0.05, 0.1) is 6.61 Å². The molecule has 0 aliphatic carbocycles. The van der Waals surface area contributed by atoms with E-state index in [1.165, 1.54) is 16.7 Å². The minimum Gasteiger partial charge on any atom is -0.493 e. The normalized spacial score (nSPS) is 19.1. The zero-order valence-corrected chi connectivity index (χ0v) is 14.5. The Morgan fingerprint density at radius 2 is 1.71 bits per heavy atom. The fourth-order valence-corrected chi connectivity index (χ4v) is 2.82. The van der Waals surface area contributed by atoms with Gasteiger partial charge in [-0.05, 0) is 35.3 Å². The molecule has 1 aliphatic rings. The van der Waals surface area contributed by atoms with Crippen LogP contribution in [0.4, 0.5) is 0 Å². The fourth-order valence-electron chi connectivity index (χ4n) is 2.82. The van der Waals surface area contributed by atoms with Crippen LogP contribution in [0.5, 0.6) is 5.75 Å². The summed E-state index contributed by atoms with van der Waals surface area (Å²) in [4.78, 5) is 0. The zero-order chi connectivity index (χ0) is 15.8. The Labute approximate surface area is 130 Å². The highest BCUT2D eigenvalue weighted by atomic mass is 16.5. The van der Waals surface area contributed by atoms with Crippen molar-refractivity contribution in [2.75, 3.05) is 6.61 Å². The molecular weight excluding hydrogens is 258 g/mol.